The fraction of sp³-hybridized carbons (Fsp3) is 0.158. The van der Waals surface area contributed by atoms with E-state index in [1.165, 1.54) is 42.4 Å². The van der Waals surface area contributed by atoms with Crippen LogP contribution in [0.4, 0.5) is 18.9 Å². The normalized spacial score (nSPS) is 11.4. The third-order valence-electron chi connectivity index (χ3n) is 3.83. The van der Waals surface area contributed by atoms with Gasteiger partial charge in [-0.3, -0.25) is 4.79 Å². The van der Waals surface area contributed by atoms with Crippen molar-refractivity contribution in [1.82, 2.24) is 9.78 Å². The fourth-order valence-electron chi connectivity index (χ4n) is 2.60. The third-order valence-corrected chi connectivity index (χ3v) is 3.83. The van der Waals surface area contributed by atoms with Crippen LogP contribution in [0.1, 0.15) is 21.5 Å². The number of hydrogen-bond donors (Lipinski definition) is 1. The fourth-order valence-corrected chi connectivity index (χ4v) is 2.60. The van der Waals surface area contributed by atoms with E-state index in [2.05, 4.69) is 10.4 Å². The van der Waals surface area contributed by atoms with Crippen LogP contribution in [0.2, 0.25) is 0 Å². The highest BCUT2D eigenvalue weighted by molar-refractivity contribution is 6.04. The van der Waals surface area contributed by atoms with Gasteiger partial charge in [0.15, 0.2) is 0 Å². The van der Waals surface area contributed by atoms with Gasteiger partial charge in [0.05, 0.1) is 23.5 Å². The van der Waals surface area contributed by atoms with Crippen molar-refractivity contribution in [3.8, 4) is 5.69 Å². The first kappa shape index (κ1) is 18.7. The van der Waals surface area contributed by atoms with Gasteiger partial charge in [0.1, 0.15) is 0 Å². The molecule has 8 heteroatoms. The quantitative estimate of drug-likeness (QED) is 0.724. The van der Waals surface area contributed by atoms with Gasteiger partial charge in [0, 0.05) is 25.1 Å². The zero-order chi connectivity index (χ0) is 19.4. The summed E-state index contributed by atoms with van der Waals surface area (Å²) in [7, 11) is 1.52. The summed E-state index contributed by atoms with van der Waals surface area (Å²) in [6.07, 6.45) is -1.63. The number of carbonyl (C=O) groups is 1. The molecule has 0 fully saturated rings. The Hall–Kier alpha value is -3.13. The summed E-state index contributed by atoms with van der Waals surface area (Å²) < 4.78 is 46.8. The molecule has 0 aliphatic carbocycles. The van der Waals surface area contributed by atoms with Gasteiger partial charge in [0.25, 0.3) is 5.91 Å². The van der Waals surface area contributed by atoms with Crippen LogP contribution in [0.3, 0.4) is 0 Å². The molecule has 0 aliphatic rings. The minimum absolute atomic E-state index is 0.243. The summed E-state index contributed by atoms with van der Waals surface area (Å²) in [5, 5.41) is 6.27. The van der Waals surface area contributed by atoms with E-state index in [1.54, 1.807) is 24.3 Å². The van der Waals surface area contributed by atoms with Crippen molar-refractivity contribution < 1.29 is 22.7 Å². The third kappa shape index (κ3) is 4.35. The van der Waals surface area contributed by atoms with Gasteiger partial charge in [-0.05, 0) is 42.0 Å². The Labute approximate surface area is 153 Å². The van der Waals surface area contributed by atoms with Crippen molar-refractivity contribution in [3.05, 3.63) is 77.6 Å². The molecule has 140 valence electrons. The van der Waals surface area contributed by atoms with Gasteiger partial charge in [0.2, 0.25) is 0 Å². The topological polar surface area (TPSA) is 56.1 Å². The zero-order valence-electron chi connectivity index (χ0n) is 14.3. The molecule has 1 amide bonds. The Bertz CT molecular complexity index is 938. The molecule has 5 nitrogen and oxygen atoms in total. The number of halogens is 3. The van der Waals surface area contributed by atoms with E-state index >= 15 is 0 Å². The molecule has 27 heavy (non-hydrogen) atoms. The number of aromatic nitrogens is 2. The van der Waals surface area contributed by atoms with E-state index in [0.717, 1.165) is 11.6 Å². The van der Waals surface area contributed by atoms with Gasteiger partial charge in [-0.15, -0.1) is 0 Å². The Balaban J connectivity index is 1.92. The first-order valence-corrected chi connectivity index (χ1v) is 7.99. The molecule has 0 atom stereocenters. The lowest BCUT2D eigenvalue weighted by molar-refractivity contribution is -0.136. The lowest BCUT2D eigenvalue weighted by Crippen LogP contribution is -2.17. The van der Waals surface area contributed by atoms with Crippen molar-refractivity contribution in [2.24, 2.45) is 0 Å². The second-order valence-electron chi connectivity index (χ2n) is 5.77. The maximum atomic E-state index is 13.5. The monoisotopic (exact) mass is 375 g/mol. The maximum Gasteiger partial charge on any atom is 0.418 e. The van der Waals surface area contributed by atoms with Crippen molar-refractivity contribution in [2.45, 2.75) is 12.8 Å². The summed E-state index contributed by atoms with van der Waals surface area (Å²) in [5.41, 5.74) is -0.0334. The van der Waals surface area contributed by atoms with Crippen molar-refractivity contribution in [1.29, 1.82) is 0 Å². The molecule has 0 bridgehead atoms. The minimum atomic E-state index is -4.64. The molecule has 2 aromatic carbocycles. The maximum absolute atomic E-state index is 13.5. The van der Waals surface area contributed by atoms with Crippen LogP contribution in [0, 0.1) is 0 Å². The zero-order valence-corrected chi connectivity index (χ0v) is 14.3. The number of rotatable bonds is 5. The number of ether oxygens (including phenoxy) is 1. The first-order chi connectivity index (χ1) is 12.9. The van der Waals surface area contributed by atoms with Crippen LogP contribution in [0.5, 0.6) is 0 Å². The summed E-state index contributed by atoms with van der Waals surface area (Å²) in [6, 6.07) is 11.7. The summed E-state index contributed by atoms with van der Waals surface area (Å²) in [5.74, 6) is -0.634. The number of anilines is 1. The molecule has 3 rings (SSSR count). The Kier molecular flexibility index (Phi) is 5.27. The number of alkyl halides is 3. The Morgan fingerprint density at radius 3 is 2.67 bits per heavy atom. The molecular weight excluding hydrogens is 359 g/mol. The highest BCUT2D eigenvalue weighted by atomic mass is 19.4. The average Bonchev–Trinajstić information content (AvgIpc) is 3.16. The van der Waals surface area contributed by atoms with Gasteiger partial charge >= 0.3 is 6.18 Å². The number of amides is 1. The van der Waals surface area contributed by atoms with Gasteiger partial charge < -0.3 is 10.1 Å². The van der Waals surface area contributed by atoms with E-state index in [9.17, 15) is 18.0 Å². The standard InChI is InChI=1S/C19H16F3N3O2/c1-27-12-13-4-2-5-14(10-13)18(26)24-17-7-6-15(25-9-3-8-23-25)11-16(17)19(20,21)22/h2-11H,12H2,1H3,(H,24,26). The largest absolute Gasteiger partial charge is 0.418 e. The molecule has 0 spiro atoms. The molecule has 0 aliphatic heterocycles. The molecule has 0 saturated heterocycles. The Morgan fingerprint density at radius 1 is 1.19 bits per heavy atom. The van der Waals surface area contributed by atoms with E-state index in [-0.39, 0.29) is 16.9 Å². The average molecular weight is 375 g/mol. The first-order valence-electron chi connectivity index (χ1n) is 7.99. The van der Waals surface area contributed by atoms with Crippen molar-refractivity contribution in [3.63, 3.8) is 0 Å². The molecule has 0 unspecified atom stereocenters. The smallest absolute Gasteiger partial charge is 0.380 e. The van der Waals surface area contributed by atoms with Crippen LogP contribution in [0.15, 0.2) is 60.9 Å². The lowest BCUT2D eigenvalue weighted by atomic mass is 10.1. The van der Waals surface area contributed by atoms with Crippen LogP contribution >= 0.6 is 0 Å². The van der Waals surface area contributed by atoms with Gasteiger partial charge in [-0.25, -0.2) is 4.68 Å². The van der Waals surface area contributed by atoms with Gasteiger partial charge in [-0.2, -0.15) is 18.3 Å². The minimum Gasteiger partial charge on any atom is -0.380 e. The number of nitrogens with one attached hydrogen (secondary N) is 1. The number of methoxy groups -OCH3 is 1. The van der Waals surface area contributed by atoms with Crippen molar-refractivity contribution >= 4 is 11.6 Å². The predicted octanol–water partition coefficient (Wildman–Crippen LogP) is 4.29. The van der Waals surface area contributed by atoms with Crippen LogP contribution in [-0.4, -0.2) is 22.8 Å². The summed E-state index contributed by atoms with van der Waals surface area (Å²) in [6.45, 7) is 0.299. The summed E-state index contributed by atoms with van der Waals surface area (Å²) >= 11 is 0. The van der Waals surface area contributed by atoms with E-state index in [1.807, 2.05) is 0 Å². The molecule has 1 N–H and O–H groups in total. The SMILES string of the molecule is COCc1cccc(C(=O)Nc2ccc(-n3cccn3)cc2C(F)(F)F)c1. The van der Waals surface area contributed by atoms with Crippen LogP contribution in [-0.2, 0) is 17.5 Å². The van der Waals surface area contributed by atoms with Crippen molar-refractivity contribution in [2.75, 3.05) is 12.4 Å². The van der Waals surface area contributed by atoms with E-state index in [0.29, 0.717) is 6.61 Å². The van der Waals surface area contributed by atoms with Crippen LogP contribution in [0.25, 0.3) is 5.69 Å². The Morgan fingerprint density at radius 2 is 2.00 bits per heavy atom. The van der Waals surface area contributed by atoms with E-state index in [4.69, 9.17) is 4.74 Å². The highest BCUT2D eigenvalue weighted by Crippen LogP contribution is 2.36. The molecule has 0 saturated carbocycles. The molecule has 3 aromatic rings. The molecule has 1 heterocycles. The molecular formula is C19H16F3N3O2. The molecule has 0 radical (unpaired) electrons. The van der Waals surface area contributed by atoms with Gasteiger partial charge in [-0.1, -0.05) is 12.1 Å². The number of carbonyl (C=O) groups excluding carboxylic acids is 1. The number of nitrogens with zero attached hydrogens (tertiary/aromatic N) is 2. The predicted molar refractivity (Wildman–Crippen MR) is 93.7 cm³/mol. The summed E-state index contributed by atoms with van der Waals surface area (Å²) in [4.78, 5) is 12.4. The van der Waals surface area contributed by atoms with Crippen LogP contribution < -0.4 is 5.32 Å². The second-order valence-corrected chi connectivity index (χ2v) is 5.77. The second kappa shape index (κ2) is 7.63. The lowest BCUT2D eigenvalue weighted by Gasteiger charge is -2.15. The number of benzene rings is 2. The highest BCUT2D eigenvalue weighted by Gasteiger charge is 2.34. The number of hydrogen-bond acceptors (Lipinski definition) is 3. The van der Waals surface area contributed by atoms with E-state index < -0.39 is 17.6 Å². The molecule has 1 aromatic heterocycles.